The van der Waals surface area contributed by atoms with E-state index < -0.39 is 0 Å². The van der Waals surface area contributed by atoms with Crippen LogP contribution in [0.25, 0.3) is 0 Å². The van der Waals surface area contributed by atoms with Gasteiger partial charge >= 0.3 is 0 Å². The van der Waals surface area contributed by atoms with Crippen LogP contribution in [0.5, 0.6) is 0 Å². The van der Waals surface area contributed by atoms with E-state index in [2.05, 4.69) is 21.6 Å². The molecule has 116 valence electrons. The first-order valence-electron chi connectivity index (χ1n) is 7.83. The Bertz CT molecular complexity index is 773. The van der Waals surface area contributed by atoms with Crippen molar-refractivity contribution in [2.75, 3.05) is 11.9 Å². The normalized spacial score (nSPS) is 21.6. The predicted molar refractivity (Wildman–Crippen MR) is 84.5 cm³/mol. The Balaban J connectivity index is 1.45. The van der Waals surface area contributed by atoms with Gasteiger partial charge in [-0.25, -0.2) is 0 Å². The first-order valence-corrected chi connectivity index (χ1v) is 7.83. The summed E-state index contributed by atoms with van der Waals surface area (Å²) in [6, 6.07) is 9.67. The molecule has 2 unspecified atom stereocenters. The van der Waals surface area contributed by atoms with Gasteiger partial charge in [0.05, 0.1) is 30.4 Å². The fourth-order valence-electron chi connectivity index (χ4n) is 3.71. The van der Waals surface area contributed by atoms with Crippen molar-refractivity contribution < 1.29 is 4.79 Å². The fourth-order valence-corrected chi connectivity index (χ4v) is 3.71. The Morgan fingerprint density at radius 1 is 1.39 bits per heavy atom. The zero-order valence-corrected chi connectivity index (χ0v) is 12.6. The smallest absolute Gasteiger partial charge is 0.242 e. The van der Waals surface area contributed by atoms with Crippen molar-refractivity contribution in [1.29, 1.82) is 5.26 Å². The number of aromatic nitrogens is 2. The maximum atomic E-state index is 12.7. The van der Waals surface area contributed by atoms with Crippen molar-refractivity contribution in [2.45, 2.75) is 31.3 Å². The topological polar surface area (TPSA) is 84.8 Å². The van der Waals surface area contributed by atoms with E-state index in [0.29, 0.717) is 5.56 Å². The SMILES string of the molecule is N#Cc1ccc(NCC(=O)N2C3CCC2c2cn[nH]c2C3)cc1. The molecule has 23 heavy (non-hydrogen) atoms. The van der Waals surface area contributed by atoms with Crippen LogP contribution in [0.3, 0.4) is 0 Å². The standard InChI is InChI=1S/C17H17N5O/c18-8-11-1-3-12(4-2-11)19-10-17(23)22-13-5-6-16(22)14-9-20-21-15(14)7-13/h1-4,9,13,16,19H,5-7,10H2,(H,20,21). The molecule has 0 spiro atoms. The number of hydrogen-bond acceptors (Lipinski definition) is 4. The Labute approximate surface area is 134 Å². The van der Waals surface area contributed by atoms with Crippen LogP contribution in [0.15, 0.2) is 30.5 Å². The van der Waals surface area contributed by atoms with Gasteiger partial charge in [-0.05, 0) is 37.1 Å². The molecule has 0 radical (unpaired) electrons. The number of aromatic amines is 1. The van der Waals surface area contributed by atoms with E-state index in [4.69, 9.17) is 5.26 Å². The molecule has 2 aliphatic heterocycles. The number of H-pyrrole nitrogens is 1. The highest BCUT2D eigenvalue weighted by atomic mass is 16.2. The number of rotatable bonds is 3. The van der Waals surface area contributed by atoms with E-state index in [1.54, 1.807) is 12.1 Å². The molecular formula is C17H17N5O. The van der Waals surface area contributed by atoms with Gasteiger partial charge in [-0.15, -0.1) is 0 Å². The van der Waals surface area contributed by atoms with Crippen LogP contribution in [-0.4, -0.2) is 33.6 Å². The highest BCUT2D eigenvalue weighted by Gasteiger charge is 2.43. The maximum absolute atomic E-state index is 12.7. The quantitative estimate of drug-likeness (QED) is 0.908. The second-order valence-corrected chi connectivity index (χ2v) is 6.10. The number of amides is 1. The molecule has 2 N–H and O–H groups in total. The van der Waals surface area contributed by atoms with E-state index in [9.17, 15) is 4.79 Å². The highest BCUT2D eigenvalue weighted by molar-refractivity contribution is 5.82. The Morgan fingerprint density at radius 3 is 3.00 bits per heavy atom. The summed E-state index contributed by atoms with van der Waals surface area (Å²) in [5.41, 5.74) is 3.82. The maximum Gasteiger partial charge on any atom is 0.242 e. The summed E-state index contributed by atoms with van der Waals surface area (Å²) in [6.45, 7) is 0.270. The third kappa shape index (κ3) is 2.34. The molecule has 0 aliphatic carbocycles. The van der Waals surface area contributed by atoms with E-state index in [0.717, 1.165) is 24.9 Å². The van der Waals surface area contributed by atoms with Crippen LogP contribution < -0.4 is 5.32 Å². The average Bonchev–Trinajstić information content (AvgIpc) is 3.18. The number of nitrogens with zero attached hydrogens (tertiary/aromatic N) is 3. The van der Waals surface area contributed by atoms with Crippen molar-refractivity contribution >= 4 is 11.6 Å². The van der Waals surface area contributed by atoms with E-state index in [-0.39, 0.29) is 24.5 Å². The number of hydrogen-bond donors (Lipinski definition) is 2. The summed E-state index contributed by atoms with van der Waals surface area (Å²) in [7, 11) is 0. The van der Waals surface area contributed by atoms with Gasteiger partial charge in [-0.2, -0.15) is 10.4 Å². The van der Waals surface area contributed by atoms with Crippen LogP contribution in [-0.2, 0) is 11.2 Å². The van der Waals surface area contributed by atoms with Crippen molar-refractivity contribution in [1.82, 2.24) is 15.1 Å². The first kappa shape index (κ1) is 13.8. The van der Waals surface area contributed by atoms with E-state index in [1.165, 1.54) is 11.3 Å². The average molecular weight is 307 g/mol. The Hall–Kier alpha value is -2.81. The first-order chi connectivity index (χ1) is 11.3. The molecule has 2 bridgehead atoms. The van der Waals surface area contributed by atoms with Gasteiger partial charge in [0, 0.05) is 29.4 Å². The molecule has 1 aromatic carbocycles. The lowest BCUT2D eigenvalue weighted by Gasteiger charge is -2.34. The minimum Gasteiger partial charge on any atom is -0.376 e. The van der Waals surface area contributed by atoms with Gasteiger partial charge in [0.2, 0.25) is 5.91 Å². The largest absolute Gasteiger partial charge is 0.376 e. The highest BCUT2D eigenvalue weighted by Crippen LogP contribution is 2.42. The second kappa shape index (κ2) is 5.43. The molecule has 4 rings (SSSR count). The molecular weight excluding hydrogens is 290 g/mol. The van der Waals surface area contributed by atoms with Crippen molar-refractivity contribution in [3.63, 3.8) is 0 Å². The number of fused-ring (bicyclic) bond motifs is 4. The number of anilines is 1. The van der Waals surface area contributed by atoms with Gasteiger partial charge in [-0.1, -0.05) is 0 Å². The van der Waals surface area contributed by atoms with Gasteiger partial charge in [-0.3, -0.25) is 9.89 Å². The number of carbonyl (C=O) groups is 1. The van der Waals surface area contributed by atoms with Gasteiger partial charge in [0.15, 0.2) is 0 Å². The summed E-state index contributed by atoms with van der Waals surface area (Å²) < 4.78 is 0. The van der Waals surface area contributed by atoms with E-state index in [1.807, 2.05) is 23.2 Å². The molecule has 6 heteroatoms. The van der Waals surface area contributed by atoms with Crippen LogP contribution in [0, 0.1) is 11.3 Å². The number of carbonyl (C=O) groups excluding carboxylic acids is 1. The van der Waals surface area contributed by atoms with Gasteiger partial charge in [0.1, 0.15) is 0 Å². The third-order valence-corrected chi connectivity index (χ3v) is 4.80. The number of nitrogens with one attached hydrogen (secondary N) is 2. The van der Waals surface area contributed by atoms with Gasteiger partial charge < -0.3 is 10.2 Å². The molecule has 3 heterocycles. The van der Waals surface area contributed by atoms with Crippen molar-refractivity contribution in [2.24, 2.45) is 0 Å². The summed E-state index contributed by atoms with van der Waals surface area (Å²) in [5.74, 6) is 0.119. The second-order valence-electron chi connectivity index (χ2n) is 6.10. The zero-order valence-electron chi connectivity index (χ0n) is 12.6. The molecule has 1 aromatic heterocycles. The lowest BCUT2D eigenvalue weighted by Crippen LogP contribution is -2.44. The molecule has 2 aromatic rings. The van der Waals surface area contributed by atoms with Crippen LogP contribution in [0.2, 0.25) is 0 Å². The Kier molecular flexibility index (Phi) is 3.27. The zero-order chi connectivity index (χ0) is 15.8. The minimum atomic E-state index is 0.119. The lowest BCUT2D eigenvalue weighted by atomic mass is 10.0. The van der Waals surface area contributed by atoms with Crippen LogP contribution in [0.1, 0.15) is 35.7 Å². The molecule has 1 amide bonds. The third-order valence-electron chi connectivity index (χ3n) is 4.80. The Morgan fingerprint density at radius 2 is 2.22 bits per heavy atom. The van der Waals surface area contributed by atoms with Crippen LogP contribution in [0.4, 0.5) is 5.69 Å². The monoisotopic (exact) mass is 307 g/mol. The lowest BCUT2D eigenvalue weighted by molar-refractivity contribution is -0.132. The van der Waals surface area contributed by atoms with Crippen molar-refractivity contribution in [3.8, 4) is 6.07 Å². The fraction of sp³-hybridized carbons (Fsp3) is 0.353. The summed E-state index contributed by atoms with van der Waals surface area (Å²) in [5, 5.41) is 19.1. The van der Waals surface area contributed by atoms with Crippen molar-refractivity contribution in [3.05, 3.63) is 47.3 Å². The van der Waals surface area contributed by atoms with Crippen LogP contribution >= 0.6 is 0 Å². The molecule has 1 saturated heterocycles. The molecule has 1 fully saturated rings. The predicted octanol–water partition coefficient (Wildman–Crippen LogP) is 1.98. The van der Waals surface area contributed by atoms with E-state index >= 15 is 0 Å². The molecule has 0 saturated carbocycles. The van der Waals surface area contributed by atoms with Gasteiger partial charge in [0.25, 0.3) is 0 Å². The molecule has 2 aliphatic rings. The summed E-state index contributed by atoms with van der Waals surface area (Å²) in [4.78, 5) is 14.7. The minimum absolute atomic E-state index is 0.119. The molecule has 2 atom stereocenters. The number of benzene rings is 1. The summed E-state index contributed by atoms with van der Waals surface area (Å²) >= 11 is 0. The molecule has 6 nitrogen and oxygen atoms in total. The number of nitriles is 1. The summed E-state index contributed by atoms with van der Waals surface area (Å²) in [6.07, 6.45) is 4.79.